The minimum Gasteiger partial charge on any atom is -0.317 e. The van der Waals surface area contributed by atoms with Crippen LogP contribution in [0.1, 0.15) is 65.7 Å². The molecule has 0 aromatic heterocycles. The van der Waals surface area contributed by atoms with E-state index in [-0.39, 0.29) is 0 Å². The van der Waals surface area contributed by atoms with Crippen LogP contribution < -0.4 is 5.32 Å². The standard InChI is InChI=1S/C7H16.C6H13N/c1-3-5-7-6-4-2;1-6-2-4-7-5-3-6/h3-7H2,1-2H3;6-7H,2-5H2,1H3. The predicted octanol–water partition coefficient (Wildman–Crippen LogP) is 3.98. The van der Waals surface area contributed by atoms with Gasteiger partial charge in [0, 0.05) is 0 Å². The first-order chi connectivity index (χ1) is 6.81. The van der Waals surface area contributed by atoms with Gasteiger partial charge in [0.1, 0.15) is 0 Å². The molecular weight excluding hydrogens is 170 g/mol. The van der Waals surface area contributed by atoms with Crippen LogP contribution in [0, 0.1) is 5.92 Å². The summed E-state index contributed by atoms with van der Waals surface area (Å²) >= 11 is 0. The summed E-state index contributed by atoms with van der Waals surface area (Å²) in [7, 11) is 0. The lowest BCUT2D eigenvalue weighted by atomic mass is 10.0. The van der Waals surface area contributed by atoms with E-state index in [1.165, 1.54) is 58.0 Å². The second-order valence-corrected chi connectivity index (χ2v) is 4.49. The van der Waals surface area contributed by atoms with Crippen LogP contribution >= 0.6 is 0 Å². The van der Waals surface area contributed by atoms with Gasteiger partial charge in [-0.1, -0.05) is 52.9 Å². The normalized spacial score (nSPS) is 17.4. The number of nitrogens with one attached hydrogen (secondary N) is 1. The molecule has 1 nitrogen and oxygen atoms in total. The number of rotatable bonds is 4. The molecule has 86 valence electrons. The van der Waals surface area contributed by atoms with Crippen molar-refractivity contribution in [3.8, 4) is 0 Å². The first kappa shape index (κ1) is 14.0. The van der Waals surface area contributed by atoms with Crippen molar-refractivity contribution in [2.24, 2.45) is 5.92 Å². The van der Waals surface area contributed by atoms with Crippen LogP contribution in [-0.4, -0.2) is 13.1 Å². The lowest BCUT2D eigenvalue weighted by molar-refractivity contribution is 0.402. The number of piperidine rings is 1. The minimum atomic E-state index is 0.973. The van der Waals surface area contributed by atoms with Crippen LogP contribution in [0.25, 0.3) is 0 Å². The summed E-state index contributed by atoms with van der Waals surface area (Å²) in [6.45, 7) is 9.29. The van der Waals surface area contributed by atoms with Crippen molar-refractivity contribution in [2.45, 2.75) is 65.7 Å². The molecule has 0 bridgehead atoms. The zero-order valence-electron chi connectivity index (χ0n) is 10.4. The molecule has 1 heteroatoms. The van der Waals surface area contributed by atoms with Gasteiger partial charge in [0.25, 0.3) is 0 Å². The van der Waals surface area contributed by atoms with Crippen LogP contribution in [0.2, 0.25) is 0 Å². The Bertz CT molecular complexity index is 91.4. The van der Waals surface area contributed by atoms with E-state index >= 15 is 0 Å². The summed E-state index contributed by atoms with van der Waals surface area (Å²) in [4.78, 5) is 0. The highest BCUT2D eigenvalue weighted by atomic mass is 14.9. The maximum atomic E-state index is 3.32. The van der Waals surface area contributed by atoms with Crippen molar-refractivity contribution in [1.29, 1.82) is 0 Å². The van der Waals surface area contributed by atoms with Gasteiger partial charge >= 0.3 is 0 Å². The summed E-state index contributed by atoms with van der Waals surface area (Å²) in [5.74, 6) is 0.973. The molecule has 1 rings (SSSR count). The van der Waals surface area contributed by atoms with Crippen LogP contribution in [0.5, 0.6) is 0 Å². The Balaban J connectivity index is 0.000000241. The van der Waals surface area contributed by atoms with Gasteiger partial charge in [-0.15, -0.1) is 0 Å². The Morgan fingerprint density at radius 2 is 1.43 bits per heavy atom. The molecule has 0 atom stereocenters. The Morgan fingerprint density at radius 1 is 0.929 bits per heavy atom. The van der Waals surface area contributed by atoms with E-state index in [1.54, 1.807) is 0 Å². The van der Waals surface area contributed by atoms with E-state index in [9.17, 15) is 0 Å². The van der Waals surface area contributed by atoms with E-state index in [4.69, 9.17) is 0 Å². The zero-order valence-corrected chi connectivity index (χ0v) is 10.4. The first-order valence-electron chi connectivity index (χ1n) is 6.52. The highest BCUT2D eigenvalue weighted by Gasteiger charge is 2.04. The van der Waals surface area contributed by atoms with Crippen molar-refractivity contribution in [3.63, 3.8) is 0 Å². The third kappa shape index (κ3) is 10.0. The maximum Gasteiger partial charge on any atom is -0.00464 e. The lowest BCUT2D eigenvalue weighted by Gasteiger charge is -2.17. The van der Waals surface area contributed by atoms with Crippen molar-refractivity contribution in [1.82, 2.24) is 5.32 Å². The van der Waals surface area contributed by atoms with E-state index in [1.807, 2.05) is 0 Å². The maximum absolute atomic E-state index is 3.32. The van der Waals surface area contributed by atoms with Crippen LogP contribution in [0.4, 0.5) is 0 Å². The summed E-state index contributed by atoms with van der Waals surface area (Å²) in [6.07, 6.45) is 9.76. The smallest absolute Gasteiger partial charge is 0.00464 e. The molecule has 1 saturated heterocycles. The second kappa shape index (κ2) is 11.0. The fourth-order valence-electron chi connectivity index (χ4n) is 1.64. The Labute approximate surface area is 90.7 Å². The number of hydrogen-bond acceptors (Lipinski definition) is 1. The second-order valence-electron chi connectivity index (χ2n) is 4.49. The Morgan fingerprint density at radius 3 is 1.71 bits per heavy atom. The third-order valence-electron chi connectivity index (χ3n) is 2.83. The fraction of sp³-hybridized carbons (Fsp3) is 1.00. The van der Waals surface area contributed by atoms with Gasteiger partial charge in [-0.05, 0) is 31.8 Å². The van der Waals surface area contributed by atoms with Crippen molar-refractivity contribution in [3.05, 3.63) is 0 Å². The molecule has 14 heavy (non-hydrogen) atoms. The van der Waals surface area contributed by atoms with Crippen LogP contribution in [0.15, 0.2) is 0 Å². The summed E-state index contributed by atoms with van der Waals surface area (Å²) in [6, 6.07) is 0. The van der Waals surface area contributed by atoms with Crippen LogP contribution in [0.3, 0.4) is 0 Å². The van der Waals surface area contributed by atoms with E-state index in [0.29, 0.717) is 0 Å². The SMILES string of the molecule is CC1CCNCC1.CCCCCCC. The van der Waals surface area contributed by atoms with Gasteiger partial charge in [0.15, 0.2) is 0 Å². The lowest BCUT2D eigenvalue weighted by Crippen LogP contribution is -2.26. The van der Waals surface area contributed by atoms with Crippen molar-refractivity contribution in [2.75, 3.05) is 13.1 Å². The predicted molar refractivity (Wildman–Crippen MR) is 65.7 cm³/mol. The molecular formula is C13H29N. The van der Waals surface area contributed by atoms with Gasteiger partial charge in [-0.3, -0.25) is 0 Å². The molecule has 0 unspecified atom stereocenters. The minimum absolute atomic E-state index is 0.973. The van der Waals surface area contributed by atoms with E-state index in [2.05, 4.69) is 26.1 Å². The molecule has 0 spiro atoms. The zero-order chi connectivity index (χ0) is 10.6. The Kier molecular flexibility index (Phi) is 11.0. The summed E-state index contributed by atoms with van der Waals surface area (Å²) in [5.41, 5.74) is 0. The fourth-order valence-corrected chi connectivity index (χ4v) is 1.64. The molecule has 1 N–H and O–H groups in total. The topological polar surface area (TPSA) is 12.0 Å². The molecule has 1 heterocycles. The third-order valence-corrected chi connectivity index (χ3v) is 2.83. The van der Waals surface area contributed by atoms with Gasteiger partial charge in [-0.2, -0.15) is 0 Å². The average Bonchev–Trinajstić information content (AvgIpc) is 2.21. The van der Waals surface area contributed by atoms with E-state index in [0.717, 1.165) is 5.92 Å². The molecule has 0 radical (unpaired) electrons. The molecule has 0 aromatic rings. The quantitative estimate of drug-likeness (QED) is 0.675. The first-order valence-corrected chi connectivity index (χ1v) is 6.52. The molecule has 1 aliphatic heterocycles. The molecule has 0 saturated carbocycles. The molecule has 1 aliphatic rings. The molecule has 0 amide bonds. The number of hydrogen-bond donors (Lipinski definition) is 1. The van der Waals surface area contributed by atoms with Gasteiger partial charge in [-0.25, -0.2) is 0 Å². The van der Waals surface area contributed by atoms with Gasteiger partial charge in [0.05, 0.1) is 0 Å². The highest BCUT2D eigenvalue weighted by molar-refractivity contribution is 4.62. The highest BCUT2D eigenvalue weighted by Crippen LogP contribution is 2.08. The number of unbranched alkanes of at least 4 members (excludes halogenated alkanes) is 4. The van der Waals surface area contributed by atoms with Crippen LogP contribution in [-0.2, 0) is 0 Å². The van der Waals surface area contributed by atoms with Gasteiger partial charge in [0.2, 0.25) is 0 Å². The van der Waals surface area contributed by atoms with E-state index < -0.39 is 0 Å². The molecule has 0 aromatic carbocycles. The molecule has 0 aliphatic carbocycles. The molecule has 1 fully saturated rings. The van der Waals surface area contributed by atoms with Crippen molar-refractivity contribution < 1.29 is 0 Å². The monoisotopic (exact) mass is 199 g/mol. The largest absolute Gasteiger partial charge is 0.317 e. The van der Waals surface area contributed by atoms with Gasteiger partial charge < -0.3 is 5.32 Å². The van der Waals surface area contributed by atoms with Crippen molar-refractivity contribution >= 4 is 0 Å². The summed E-state index contributed by atoms with van der Waals surface area (Å²) < 4.78 is 0. The average molecular weight is 199 g/mol. The summed E-state index contributed by atoms with van der Waals surface area (Å²) in [5, 5.41) is 3.32. The Hall–Kier alpha value is -0.0400.